The lowest BCUT2D eigenvalue weighted by atomic mass is 9.87. The first kappa shape index (κ1) is 21.1. The van der Waals surface area contributed by atoms with Crippen LogP contribution < -0.4 is 5.32 Å². The summed E-state index contributed by atoms with van der Waals surface area (Å²) in [5, 5.41) is 2.94. The van der Waals surface area contributed by atoms with Crippen molar-refractivity contribution in [3.63, 3.8) is 0 Å². The van der Waals surface area contributed by atoms with Gasteiger partial charge in [0, 0.05) is 6.54 Å². The van der Waals surface area contributed by atoms with E-state index in [9.17, 15) is 9.59 Å². The SMILES string of the molecule is CC[C@]1(c2ccccc2)NC(=O)N(CN(C)Cc2ccc(C(C)(C)C)cc2)C1=O. The van der Waals surface area contributed by atoms with Gasteiger partial charge in [0.1, 0.15) is 5.54 Å². The molecule has 2 aromatic rings. The van der Waals surface area contributed by atoms with Gasteiger partial charge >= 0.3 is 6.03 Å². The number of nitrogens with one attached hydrogen (secondary N) is 1. The molecule has 3 amide bonds. The van der Waals surface area contributed by atoms with Crippen LogP contribution in [0.15, 0.2) is 54.6 Å². The van der Waals surface area contributed by atoms with Crippen LogP contribution in [0.4, 0.5) is 4.79 Å². The number of nitrogens with zero attached hydrogens (tertiary/aromatic N) is 2. The van der Waals surface area contributed by atoms with Gasteiger partial charge in [-0.25, -0.2) is 9.69 Å². The van der Waals surface area contributed by atoms with Crippen molar-refractivity contribution in [2.24, 2.45) is 0 Å². The van der Waals surface area contributed by atoms with E-state index in [0.29, 0.717) is 13.0 Å². The van der Waals surface area contributed by atoms with Crippen molar-refractivity contribution in [1.82, 2.24) is 15.1 Å². The Morgan fingerprint density at radius 3 is 2.17 bits per heavy atom. The highest BCUT2D eigenvalue weighted by Crippen LogP contribution is 2.32. The van der Waals surface area contributed by atoms with Gasteiger partial charge in [-0.2, -0.15) is 0 Å². The number of hydrogen-bond donors (Lipinski definition) is 1. The highest BCUT2D eigenvalue weighted by atomic mass is 16.2. The second kappa shape index (κ2) is 7.99. The lowest BCUT2D eigenvalue weighted by Crippen LogP contribution is -2.44. The van der Waals surface area contributed by atoms with Gasteiger partial charge in [-0.1, -0.05) is 82.3 Å². The van der Waals surface area contributed by atoms with Crippen LogP contribution in [0.5, 0.6) is 0 Å². The summed E-state index contributed by atoms with van der Waals surface area (Å²) in [6, 6.07) is 17.7. The van der Waals surface area contributed by atoms with Crippen LogP contribution in [-0.4, -0.2) is 35.5 Å². The Hall–Kier alpha value is -2.66. The van der Waals surface area contributed by atoms with Crippen molar-refractivity contribution < 1.29 is 9.59 Å². The van der Waals surface area contributed by atoms with Gasteiger partial charge in [-0.15, -0.1) is 0 Å². The summed E-state index contributed by atoms with van der Waals surface area (Å²) in [5.41, 5.74) is 2.40. The van der Waals surface area contributed by atoms with Crippen molar-refractivity contribution in [3.8, 4) is 0 Å². The van der Waals surface area contributed by atoms with E-state index in [-0.39, 0.29) is 24.0 Å². The third-order valence-electron chi connectivity index (χ3n) is 5.63. The zero-order valence-electron chi connectivity index (χ0n) is 18.0. The molecule has 0 spiro atoms. The molecule has 154 valence electrons. The largest absolute Gasteiger partial charge is 0.326 e. The van der Waals surface area contributed by atoms with Gasteiger partial charge in [0.2, 0.25) is 0 Å². The molecule has 2 aromatic carbocycles. The maximum atomic E-state index is 13.2. The first-order chi connectivity index (χ1) is 13.7. The number of carbonyl (C=O) groups is 2. The Morgan fingerprint density at radius 1 is 1.00 bits per heavy atom. The number of amides is 3. The average Bonchev–Trinajstić information content (AvgIpc) is 2.93. The van der Waals surface area contributed by atoms with Crippen molar-refractivity contribution in [2.45, 2.75) is 51.6 Å². The number of benzene rings is 2. The predicted octanol–water partition coefficient (Wildman–Crippen LogP) is 4.23. The molecule has 0 aliphatic carbocycles. The summed E-state index contributed by atoms with van der Waals surface area (Å²) in [6.07, 6.45) is 0.510. The molecule has 5 heteroatoms. The zero-order chi connectivity index (χ0) is 21.2. The topological polar surface area (TPSA) is 52.7 Å². The standard InChI is InChI=1S/C24H31N3O2/c1-6-24(20-10-8-7-9-11-20)21(28)27(22(29)25-24)17-26(5)16-18-12-14-19(15-13-18)23(2,3)4/h7-15H,6,16-17H2,1-5H3,(H,25,29)/t24-/m1/s1. The van der Waals surface area contributed by atoms with Crippen molar-refractivity contribution >= 4 is 11.9 Å². The summed E-state index contributed by atoms with van der Waals surface area (Å²) >= 11 is 0. The van der Waals surface area contributed by atoms with Crippen LogP contribution in [0, 0.1) is 0 Å². The Kier molecular flexibility index (Phi) is 5.80. The second-order valence-corrected chi connectivity index (χ2v) is 8.89. The minimum absolute atomic E-state index is 0.116. The Labute approximate surface area is 173 Å². The predicted molar refractivity (Wildman–Crippen MR) is 115 cm³/mol. The maximum Gasteiger partial charge on any atom is 0.326 e. The normalized spacial score (nSPS) is 19.7. The van der Waals surface area contributed by atoms with Crippen LogP contribution >= 0.6 is 0 Å². The van der Waals surface area contributed by atoms with Crippen molar-refractivity contribution in [3.05, 3.63) is 71.3 Å². The van der Waals surface area contributed by atoms with Crippen molar-refractivity contribution in [2.75, 3.05) is 13.7 Å². The number of urea groups is 1. The third kappa shape index (κ3) is 4.20. The Bertz CT molecular complexity index is 871. The van der Waals surface area contributed by atoms with Gasteiger partial charge < -0.3 is 5.32 Å². The van der Waals surface area contributed by atoms with E-state index in [4.69, 9.17) is 0 Å². The van der Waals surface area contributed by atoms with Crippen molar-refractivity contribution in [1.29, 1.82) is 0 Å². The highest BCUT2D eigenvalue weighted by molar-refractivity contribution is 6.07. The Morgan fingerprint density at radius 2 is 1.62 bits per heavy atom. The van der Waals surface area contributed by atoms with Crippen LogP contribution in [0.1, 0.15) is 50.8 Å². The highest BCUT2D eigenvalue weighted by Gasteiger charge is 2.51. The lowest BCUT2D eigenvalue weighted by Gasteiger charge is -2.27. The average molecular weight is 394 g/mol. The molecule has 3 rings (SSSR count). The Balaban J connectivity index is 1.71. The van der Waals surface area contributed by atoms with E-state index in [1.165, 1.54) is 10.5 Å². The third-order valence-corrected chi connectivity index (χ3v) is 5.63. The van der Waals surface area contributed by atoms with Crippen LogP contribution in [0.25, 0.3) is 0 Å². The molecule has 1 atom stereocenters. The van der Waals surface area contributed by atoms with E-state index >= 15 is 0 Å². The molecule has 0 aromatic heterocycles. The van der Waals surface area contributed by atoms with Gasteiger partial charge in [-0.3, -0.25) is 9.69 Å². The molecule has 0 bridgehead atoms. The van der Waals surface area contributed by atoms with Crippen LogP contribution in [-0.2, 0) is 22.3 Å². The van der Waals surface area contributed by atoms with Gasteiger partial charge in [0.15, 0.2) is 0 Å². The first-order valence-corrected chi connectivity index (χ1v) is 10.1. The van der Waals surface area contributed by atoms with E-state index in [2.05, 4.69) is 50.4 Å². The van der Waals surface area contributed by atoms with Gasteiger partial charge in [0.05, 0.1) is 6.67 Å². The number of hydrogen-bond acceptors (Lipinski definition) is 3. The molecule has 5 nitrogen and oxygen atoms in total. The molecule has 0 saturated carbocycles. The molecular weight excluding hydrogens is 362 g/mol. The first-order valence-electron chi connectivity index (χ1n) is 10.1. The monoisotopic (exact) mass is 393 g/mol. The maximum absolute atomic E-state index is 13.2. The molecular formula is C24H31N3O2. The second-order valence-electron chi connectivity index (χ2n) is 8.89. The zero-order valence-corrected chi connectivity index (χ0v) is 18.0. The molecule has 1 heterocycles. The summed E-state index contributed by atoms with van der Waals surface area (Å²) < 4.78 is 0. The fourth-order valence-corrected chi connectivity index (χ4v) is 3.83. The fourth-order valence-electron chi connectivity index (χ4n) is 3.83. The van der Waals surface area contributed by atoms with E-state index in [1.807, 2.05) is 49.2 Å². The number of imide groups is 1. The van der Waals surface area contributed by atoms with E-state index < -0.39 is 5.54 Å². The van der Waals surface area contributed by atoms with Crippen LogP contribution in [0.2, 0.25) is 0 Å². The minimum atomic E-state index is -0.979. The molecule has 1 fully saturated rings. The molecule has 1 N–H and O–H groups in total. The van der Waals surface area contributed by atoms with Gasteiger partial charge in [0.25, 0.3) is 5.91 Å². The molecule has 0 radical (unpaired) electrons. The number of carbonyl (C=O) groups excluding carboxylic acids is 2. The summed E-state index contributed by atoms with van der Waals surface area (Å²) in [5.74, 6) is -0.189. The molecule has 0 unspecified atom stereocenters. The van der Waals surface area contributed by atoms with Gasteiger partial charge in [-0.05, 0) is 35.6 Å². The molecule has 1 aliphatic rings. The molecule has 29 heavy (non-hydrogen) atoms. The summed E-state index contributed by atoms with van der Waals surface area (Å²) in [6.45, 7) is 9.41. The summed E-state index contributed by atoms with van der Waals surface area (Å²) in [4.78, 5) is 29.2. The molecule has 1 saturated heterocycles. The van der Waals surface area contributed by atoms with Crippen LogP contribution in [0.3, 0.4) is 0 Å². The van der Waals surface area contributed by atoms with E-state index in [0.717, 1.165) is 11.1 Å². The molecule has 1 aliphatic heterocycles. The minimum Gasteiger partial charge on any atom is -0.319 e. The quantitative estimate of drug-likeness (QED) is 0.747. The van der Waals surface area contributed by atoms with E-state index in [1.54, 1.807) is 0 Å². The lowest BCUT2D eigenvalue weighted by molar-refractivity contribution is -0.133. The smallest absolute Gasteiger partial charge is 0.319 e. The number of rotatable bonds is 6. The fraction of sp³-hybridized carbons (Fsp3) is 0.417. The summed E-state index contributed by atoms with van der Waals surface area (Å²) in [7, 11) is 1.92.